The van der Waals surface area contributed by atoms with Gasteiger partial charge in [-0.3, -0.25) is 9.29 Å². The average molecular weight is 479 g/mol. The molecule has 1 saturated heterocycles. The first-order valence-electron chi connectivity index (χ1n) is 10.5. The highest BCUT2D eigenvalue weighted by Gasteiger charge is 2.34. The normalized spacial score (nSPS) is 18.3. The summed E-state index contributed by atoms with van der Waals surface area (Å²) in [5, 5.41) is 7.02. The molecule has 12 heteroatoms. The average Bonchev–Trinajstić information content (AvgIpc) is 3.43. The Balaban J connectivity index is 1.72. The standard InChI is InChI=1S/C21H24F2N6O3S/c1-12-9-24-19(25-10-12)13(2)14(3)33(30,31)28-21-27-26-20(15-7-8-32-11-15)29(21)18-16(22)5-4-6-17(18)23/h4-6,9-10,13-15H,7-8,11H2,1-3H3,(H,27,28)/t13-,14-,15+/m0/s1. The molecule has 1 aliphatic heterocycles. The summed E-state index contributed by atoms with van der Waals surface area (Å²) in [7, 11) is -4.07. The van der Waals surface area contributed by atoms with E-state index in [1.165, 1.54) is 13.0 Å². The highest BCUT2D eigenvalue weighted by Crippen LogP contribution is 2.32. The number of rotatable bonds is 7. The number of anilines is 1. The predicted molar refractivity (Wildman–Crippen MR) is 117 cm³/mol. The van der Waals surface area contributed by atoms with Crippen LogP contribution in [-0.2, 0) is 14.8 Å². The Kier molecular flexibility index (Phi) is 6.39. The Morgan fingerprint density at radius 2 is 1.82 bits per heavy atom. The number of halogens is 2. The maximum Gasteiger partial charge on any atom is 0.243 e. The number of nitrogens with zero attached hydrogens (tertiary/aromatic N) is 5. The maximum atomic E-state index is 14.7. The van der Waals surface area contributed by atoms with Crippen LogP contribution in [0.2, 0.25) is 0 Å². The fourth-order valence-electron chi connectivity index (χ4n) is 3.62. The van der Waals surface area contributed by atoms with Gasteiger partial charge in [-0.1, -0.05) is 13.0 Å². The van der Waals surface area contributed by atoms with Gasteiger partial charge in [0, 0.05) is 30.8 Å². The molecule has 0 radical (unpaired) electrons. The molecular weight excluding hydrogens is 454 g/mol. The highest BCUT2D eigenvalue weighted by atomic mass is 32.2. The van der Waals surface area contributed by atoms with Gasteiger partial charge in [0.25, 0.3) is 0 Å². The lowest BCUT2D eigenvalue weighted by molar-refractivity contribution is 0.193. The molecule has 3 atom stereocenters. The number of ether oxygens (including phenoxy) is 1. The second-order valence-electron chi connectivity index (χ2n) is 8.11. The van der Waals surface area contributed by atoms with Crippen molar-refractivity contribution >= 4 is 16.0 Å². The Bertz CT molecular complexity index is 1220. The van der Waals surface area contributed by atoms with Gasteiger partial charge in [0.05, 0.1) is 11.9 Å². The summed E-state index contributed by atoms with van der Waals surface area (Å²) >= 11 is 0. The van der Waals surface area contributed by atoms with Gasteiger partial charge >= 0.3 is 0 Å². The van der Waals surface area contributed by atoms with E-state index in [-0.39, 0.29) is 17.7 Å². The minimum atomic E-state index is -4.07. The molecule has 1 N–H and O–H groups in total. The SMILES string of the molecule is Cc1cnc([C@@H](C)[C@H](C)S(=O)(=O)Nc2nnc([C@@H]3CCOC3)n2-c2c(F)cccc2F)nc1. The summed E-state index contributed by atoms with van der Waals surface area (Å²) in [4.78, 5) is 8.43. The van der Waals surface area contributed by atoms with Crippen molar-refractivity contribution in [2.75, 3.05) is 17.9 Å². The molecule has 9 nitrogen and oxygen atoms in total. The van der Waals surface area contributed by atoms with E-state index in [9.17, 15) is 17.2 Å². The molecule has 1 fully saturated rings. The van der Waals surface area contributed by atoms with Crippen LogP contribution in [0.4, 0.5) is 14.7 Å². The molecule has 2 aromatic heterocycles. The second-order valence-corrected chi connectivity index (χ2v) is 10.1. The van der Waals surface area contributed by atoms with E-state index in [0.717, 1.165) is 22.3 Å². The lowest BCUT2D eigenvalue weighted by Crippen LogP contribution is -2.31. The van der Waals surface area contributed by atoms with E-state index in [1.54, 1.807) is 19.3 Å². The van der Waals surface area contributed by atoms with Crippen LogP contribution in [0.3, 0.4) is 0 Å². The fourth-order valence-corrected chi connectivity index (χ4v) is 4.86. The molecule has 4 rings (SSSR count). The third-order valence-electron chi connectivity index (χ3n) is 5.78. The molecule has 1 aromatic carbocycles. The molecule has 0 bridgehead atoms. The van der Waals surface area contributed by atoms with Gasteiger partial charge < -0.3 is 4.74 Å². The van der Waals surface area contributed by atoms with Gasteiger partial charge in [-0.15, -0.1) is 10.2 Å². The van der Waals surface area contributed by atoms with Crippen LogP contribution in [0.5, 0.6) is 0 Å². The van der Waals surface area contributed by atoms with Crippen molar-refractivity contribution in [3.8, 4) is 5.69 Å². The van der Waals surface area contributed by atoms with E-state index in [0.29, 0.717) is 25.5 Å². The Morgan fingerprint density at radius 3 is 2.42 bits per heavy atom. The van der Waals surface area contributed by atoms with Crippen LogP contribution >= 0.6 is 0 Å². The van der Waals surface area contributed by atoms with Crippen LogP contribution in [0.1, 0.15) is 49.3 Å². The molecule has 1 aliphatic rings. The van der Waals surface area contributed by atoms with Gasteiger partial charge in [0.2, 0.25) is 16.0 Å². The van der Waals surface area contributed by atoms with Crippen molar-refractivity contribution in [3.63, 3.8) is 0 Å². The zero-order valence-electron chi connectivity index (χ0n) is 18.4. The van der Waals surface area contributed by atoms with Crippen LogP contribution in [0.15, 0.2) is 30.6 Å². The van der Waals surface area contributed by atoms with Crippen molar-refractivity contribution in [1.82, 2.24) is 24.7 Å². The number of hydrogen-bond donors (Lipinski definition) is 1. The molecule has 3 heterocycles. The van der Waals surface area contributed by atoms with Crippen molar-refractivity contribution in [2.45, 2.75) is 44.3 Å². The molecule has 33 heavy (non-hydrogen) atoms. The number of para-hydroxylation sites is 1. The molecule has 0 saturated carbocycles. The summed E-state index contributed by atoms with van der Waals surface area (Å²) in [6.07, 6.45) is 3.79. The summed E-state index contributed by atoms with van der Waals surface area (Å²) in [5.41, 5.74) is 0.396. The van der Waals surface area contributed by atoms with Crippen LogP contribution < -0.4 is 4.72 Å². The third-order valence-corrected chi connectivity index (χ3v) is 7.63. The Hall–Kier alpha value is -2.99. The van der Waals surface area contributed by atoms with Gasteiger partial charge in [-0.2, -0.15) is 0 Å². The number of hydrogen-bond acceptors (Lipinski definition) is 7. The van der Waals surface area contributed by atoms with Crippen LogP contribution in [-0.4, -0.2) is 51.6 Å². The first-order valence-corrected chi connectivity index (χ1v) is 12.0. The van der Waals surface area contributed by atoms with E-state index in [4.69, 9.17) is 4.74 Å². The van der Waals surface area contributed by atoms with Crippen LogP contribution in [0.25, 0.3) is 5.69 Å². The smallest absolute Gasteiger partial charge is 0.243 e. The second kappa shape index (κ2) is 9.10. The summed E-state index contributed by atoms with van der Waals surface area (Å²) < 4.78 is 64.6. The van der Waals surface area contributed by atoms with E-state index in [1.807, 2.05) is 6.92 Å². The van der Waals surface area contributed by atoms with Gasteiger partial charge in [0.1, 0.15) is 29.0 Å². The summed E-state index contributed by atoms with van der Waals surface area (Å²) in [5.74, 6) is -2.31. The zero-order valence-corrected chi connectivity index (χ0v) is 19.2. The lowest BCUT2D eigenvalue weighted by Gasteiger charge is -2.21. The predicted octanol–water partition coefficient (Wildman–Crippen LogP) is 3.08. The summed E-state index contributed by atoms with van der Waals surface area (Å²) in [6, 6.07) is 3.40. The van der Waals surface area contributed by atoms with Crippen molar-refractivity contribution in [2.24, 2.45) is 0 Å². The van der Waals surface area contributed by atoms with Crippen molar-refractivity contribution < 1.29 is 21.9 Å². The Labute approximate surface area is 190 Å². The molecular formula is C21H24F2N6O3S. The monoisotopic (exact) mass is 478 g/mol. The maximum absolute atomic E-state index is 14.7. The van der Waals surface area contributed by atoms with Crippen molar-refractivity contribution in [1.29, 1.82) is 0 Å². The first-order chi connectivity index (χ1) is 15.7. The minimum absolute atomic E-state index is 0.219. The largest absolute Gasteiger partial charge is 0.381 e. The van der Waals surface area contributed by atoms with Gasteiger partial charge in [0.15, 0.2) is 0 Å². The molecule has 176 valence electrons. The van der Waals surface area contributed by atoms with E-state index in [2.05, 4.69) is 24.9 Å². The number of aromatic nitrogens is 5. The van der Waals surface area contributed by atoms with E-state index >= 15 is 0 Å². The molecule has 3 aromatic rings. The number of nitrogens with one attached hydrogen (secondary N) is 1. The quantitative estimate of drug-likeness (QED) is 0.555. The molecule has 0 aliphatic carbocycles. The summed E-state index contributed by atoms with van der Waals surface area (Å²) in [6.45, 7) is 5.78. The number of sulfonamides is 1. The number of benzene rings is 1. The molecule has 0 amide bonds. The number of aryl methyl sites for hydroxylation is 1. The molecule has 0 unspecified atom stereocenters. The first kappa shape index (κ1) is 23.2. The van der Waals surface area contributed by atoms with Gasteiger partial charge in [-0.05, 0) is 38.0 Å². The van der Waals surface area contributed by atoms with Crippen LogP contribution in [0, 0.1) is 18.6 Å². The fraction of sp³-hybridized carbons (Fsp3) is 0.429. The Morgan fingerprint density at radius 1 is 1.15 bits per heavy atom. The van der Waals surface area contributed by atoms with Gasteiger partial charge in [-0.25, -0.2) is 27.2 Å². The topological polar surface area (TPSA) is 112 Å². The lowest BCUT2D eigenvalue weighted by atomic mass is 10.1. The highest BCUT2D eigenvalue weighted by molar-refractivity contribution is 7.93. The van der Waals surface area contributed by atoms with E-state index < -0.39 is 38.5 Å². The zero-order chi connectivity index (χ0) is 23.8. The third kappa shape index (κ3) is 4.58. The molecule has 0 spiro atoms. The minimum Gasteiger partial charge on any atom is -0.381 e. The van der Waals surface area contributed by atoms with Crippen molar-refractivity contribution in [3.05, 3.63) is 59.4 Å².